The highest BCUT2D eigenvalue weighted by atomic mass is 19.1. The number of carboxylic acids is 2. The molecule has 0 aliphatic rings. The van der Waals surface area contributed by atoms with Crippen LogP contribution < -0.4 is 21.9 Å². The van der Waals surface area contributed by atoms with Gasteiger partial charge in [-0.25, -0.2) is 23.9 Å². The van der Waals surface area contributed by atoms with Gasteiger partial charge in [-0.05, 0) is 24.3 Å². The zero-order valence-corrected chi connectivity index (χ0v) is 16.8. The van der Waals surface area contributed by atoms with E-state index in [1.54, 1.807) is 0 Å². The van der Waals surface area contributed by atoms with Gasteiger partial charge in [-0.3, -0.25) is 14.6 Å². The van der Waals surface area contributed by atoms with Gasteiger partial charge >= 0.3 is 11.9 Å². The monoisotopic (exact) mass is 459 g/mol. The predicted molar refractivity (Wildman–Crippen MR) is 112 cm³/mol. The van der Waals surface area contributed by atoms with E-state index in [9.17, 15) is 23.6 Å². The third-order valence-electron chi connectivity index (χ3n) is 4.42. The van der Waals surface area contributed by atoms with Crippen LogP contribution in [0.15, 0.2) is 35.3 Å². The van der Waals surface area contributed by atoms with Crippen molar-refractivity contribution in [1.29, 1.82) is 0 Å². The maximum Gasteiger partial charge on any atom is 0.338 e. The molecule has 0 aliphatic heterocycles. The average Bonchev–Trinajstić information content (AvgIpc) is 2.77. The molecule has 0 bridgehead atoms. The number of carbonyl (C=O) groups is 3. The second-order valence-electron chi connectivity index (χ2n) is 6.82. The van der Waals surface area contributed by atoms with Crippen LogP contribution >= 0.6 is 0 Å². The molecule has 2 unspecified atom stereocenters. The first-order valence-electron chi connectivity index (χ1n) is 9.40. The van der Waals surface area contributed by atoms with Crippen LogP contribution in [-0.2, 0) is 16.1 Å². The number of nitrogen functional groups attached to an aromatic ring is 1. The van der Waals surface area contributed by atoms with E-state index in [2.05, 4.69) is 30.6 Å². The molecule has 13 nitrogen and oxygen atoms in total. The van der Waals surface area contributed by atoms with Crippen molar-refractivity contribution < 1.29 is 29.0 Å². The van der Waals surface area contributed by atoms with E-state index in [0.717, 1.165) is 0 Å². The summed E-state index contributed by atoms with van der Waals surface area (Å²) in [6.45, 7) is 0.187. The summed E-state index contributed by atoms with van der Waals surface area (Å²) in [5.41, 5.74) is 6.16. The molecule has 0 spiro atoms. The molecule has 1 amide bonds. The number of nitrogens with one attached hydrogen (secondary N) is 3. The van der Waals surface area contributed by atoms with Gasteiger partial charge in [0.1, 0.15) is 6.04 Å². The maximum atomic E-state index is 13.3. The van der Waals surface area contributed by atoms with E-state index in [1.165, 1.54) is 30.5 Å². The van der Waals surface area contributed by atoms with Gasteiger partial charge in [0.15, 0.2) is 17.3 Å². The lowest BCUT2D eigenvalue weighted by molar-refractivity contribution is -0.145. The Morgan fingerprint density at radius 2 is 1.82 bits per heavy atom. The smallest absolute Gasteiger partial charge is 0.338 e. The summed E-state index contributed by atoms with van der Waals surface area (Å²) in [5.74, 6) is -4.25. The molecular weight excluding hydrogens is 441 g/mol. The molecule has 0 saturated heterocycles. The highest BCUT2D eigenvalue weighted by molar-refractivity contribution is 5.97. The fraction of sp³-hybridized carbons (Fsp3) is 0.211. The van der Waals surface area contributed by atoms with E-state index in [-0.39, 0.29) is 29.2 Å². The van der Waals surface area contributed by atoms with E-state index in [4.69, 9.17) is 15.9 Å². The van der Waals surface area contributed by atoms with Gasteiger partial charge < -0.3 is 26.6 Å². The lowest BCUT2D eigenvalue weighted by Gasteiger charge is -2.15. The summed E-state index contributed by atoms with van der Waals surface area (Å²) in [5, 5.41) is 22.8. The number of carbonyl (C=O) groups excluding carboxylic acids is 1. The number of hydrogen-bond acceptors (Lipinski definition) is 9. The van der Waals surface area contributed by atoms with Crippen LogP contribution in [0, 0.1) is 0 Å². The van der Waals surface area contributed by atoms with Crippen LogP contribution in [0.25, 0.3) is 11.2 Å². The molecule has 0 aliphatic carbocycles. The van der Waals surface area contributed by atoms with Crippen molar-refractivity contribution >= 4 is 40.6 Å². The molecule has 0 fully saturated rings. The summed E-state index contributed by atoms with van der Waals surface area (Å²) in [4.78, 5) is 60.4. The molecule has 3 rings (SSSR count). The van der Waals surface area contributed by atoms with Crippen LogP contribution in [0.3, 0.4) is 0 Å². The van der Waals surface area contributed by atoms with Gasteiger partial charge in [0.05, 0.1) is 18.4 Å². The molecule has 2 heterocycles. The van der Waals surface area contributed by atoms with Crippen LogP contribution in [0.1, 0.15) is 22.5 Å². The summed E-state index contributed by atoms with van der Waals surface area (Å²) >= 11 is 0. The fourth-order valence-electron chi connectivity index (χ4n) is 2.76. The third-order valence-corrected chi connectivity index (χ3v) is 4.42. The number of H-pyrrole nitrogens is 1. The zero-order chi connectivity index (χ0) is 24.1. The summed E-state index contributed by atoms with van der Waals surface area (Å²) < 4.78 is 13.3. The minimum atomic E-state index is -2.43. The first-order chi connectivity index (χ1) is 15.6. The number of carboxylic acid groups (broad SMARTS) is 2. The number of halogens is 1. The molecule has 1 aromatic carbocycles. The van der Waals surface area contributed by atoms with E-state index in [0.29, 0.717) is 11.4 Å². The number of alkyl halides is 1. The standard InChI is InChI=1S/C19H18FN7O6/c20-11(17(30)31)5-12(18(32)33)25-15(28)8-1-3-9(4-2-8)22-6-10-7-23-14-13(24-10)16(29)27-19(21)26-14/h1-4,7,11-12,22H,5-6H2,(H,25,28)(H,30,31)(H,32,33)(H3,21,23,26,27,29). The Kier molecular flexibility index (Phi) is 6.76. The van der Waals surface area contributed by atoms with E-state index >= 15 is 0 Å². The Hall–Kier alpha value is -4.62. The molecule has 2 atom stereocenters. The van der Waals surface area contributed by atoms with Crippen LogP contribution in [0.2, 0.25) is 0 Å². The number of amides is 1. The summed E-state index contributed by atoms with van der Waals surface area (Å²) in [6.07, 6.45) is -1.92. The van der Waals surface area contributed by atoms with Crippen molar-refractivity contribution in [2.75, 3.05) is 11.1 Å². The second-order valence-corrected chi connectivity index (χ2v) is 6.82. The number of aromatic nitrogens is 4. The molecule has 33 heavy (non-hydrogen) atoms. The van der Waals surface area contributed by atoms with E-state index in [1.807, 2.05) is 0 Å². The highest BCUT2D eigenvalue weighted by Crippen LogP contribution is 2.12. The zero-order valence-electron chi connectivity index (χ0n) is 16.8. The fourth-order valence-corrected chi connectivity index (χ4v) is 2.76. The molecular formula is C19H18FN7O6. The first-order valence-corrected chi connectivity index (χ1v) is 9.40. The molecule has 14 heteroatoms. The average molecular weight is 459 g/mol. The van der Waals surface area contributed by atoms with Gasteiger partial charge in [0, 0.05) is 17.7 Å². The molecule has 172 valence electrons. The van der Waals surface area contributed by atoms with Gasteiger partial charge in [0.25, 0.3) is 11.5 Å². The minimum Gasteiger partial charge on any atom is -0.480 e. The Balaban J connectivity index is 1.63. The minimum absolute atomic E-state index is 0.0296. The quantitative estimate of drug-likeness (QED) is 0.248. The number of fused-ring (bicyclic) bond motifs is 1. The van der Waals surface area contributed by atoms with Crippen molar-refractivity contribution in [3.63, 3.8) is 0 Å². The number of hydrogen-bond donors (Lipinski definition) is 6. The Morgan fingerprint density at radius 1 is 1.12 bits per heavy atom. The largest absolute Gasteiger partial charge is 0.480 e. The second kappa shape index (κ2) is 9.67. The highest BCUT2D eigenvalue weighted by Gasteiger charge is 2.28. The van der Waals surface area contributed by atoms with Gasteiger partial charge in [-0.2, -0.15) is 4.98 Å². The van der Waals surface area contributed by atoms with Gasteiger partial charge in [0.2, 0.25) is 5.95 Å². The molecule has 2 aromatic heterocycles. The topological polar surface area (TPSA) is 213 Å². The number of nitrogens with two attached hydrogens (primary N) is 1. The molecule has 0 saturated carbocycles. The van der Waals surface area contributed by atoms with Crippen LogP contribution in [0.4, 0.5) is 16.0 Å². The number of anilines is 2. The van der Waals surface area contributed by atoms with Gasteiger partial charge in [-0.15, -0.1) is 0 Å². The lowest BCUT2D eigenvalue weighted by Crippen LogP contribution is -2.43. The van der Waals surface area contributed by atoms with Crippen LogP contribution in [-0.4, -0.2) is 60.2 Å². The van der Waals surface area contributed by atoms with Crippen molar-refractivity contribution in [1.82, 2.24) is 25.3 Å². The summed E-state index contributed by atoms with van der Waals surface area (Å²) in [6, 6.07) is 4.14. The Morgan fingerprint density at radius 3 is 2.45 bits per heavy atom. The normalized spacial score (nSPS) is 12.6. The number of aliphatic carboxylic acids is 2. The first kappa shape index (κ1) is 23.1. The van der Waals surface area contributed by atoms with Crippen molar-refractivity contribution in [3.05, 3.63) is 52.1 Å². The molecule has 0 radical (unpaired) electrons. The predicted octanol–water partition coefficient (Wildman–Crippen LogP) is -0.0968. The van der Waals surface area contributed by atoms with Crippen molar-refractivity contribution in [2.24, 2.45) is 0 Å². The summed E-state index contributed by atoms with van der Waals surface area (Å²) in [7, 11) is 0. The number of aromatic amines is 1. The third kappa shape index (κ3) is 5.75. The van der Waals surface area contributed by atoms with Crippen molar-refractivity contribution in [3.8, 4) is 0 Å². The number of nitrogens with zero attached hydrogens (tertiary/aromatic N) is 3. The molecule has 7 N–H and O–H groups in total. The molecule has 3 aromatic rings. The Bertz CT molecular complexity index is 1260. The lowest BCUT2D eigenvalue weighted by atomic mass is 10.1. The number of rotatable bonds is 9. The Labute approximate surface area is 183 Å². The van der Waals surface area contributed by atoms with Crippen LogP contribution in [0.5, 0.6) is 0 Å². The maximum absolute atomic E-state index is 13.3. The number of benzene rings is 1. The van der Waals surface area contributed by atoms with E-state index < -0.39 is 42.0 Å². The van der Waals surface area contributed by atoms with Gasteiger partial charge in [-0.1, -0.05) is 0 Å². The SMILES string of the molecule is Nc1nc2ncc(CNc3ccc(C(=O)NC(CC(F)C(=O)O)C(=O)O)cc3)nc2c(=O)[nH]1. The van der Waals surface area contributed by atoms with Crippen molar-refractivity contribution in [2.45, 2.75) is 25.2 Å².